The number of phenols is 1. The van der Waals surface area contributed by atoms with Gasteiger partial charge in [0.1, 0.15) is 36.0 Å². The molecule has 7 atom stereocenters. The second kappa shape index (κ2) is 22.5. The molecular weight excluding hydrogens is 791 g/mol. The predicted molar refractivity (Wildman–Crippen MR) is 223 cm³/mol. The number of aromatic amines is 1. The lowest BCUT2D eigenvalue weighted by atomic mass is 9.96. The van der Waals surface area contributed by atoms with Gasteiger partial charge in [-0.15, -0.1) is 0 Å². The topological polar surface area (TPSA) is 302 Å². The molecule has 12 N–H and O–H groups in total. The van der Waals surface area contributed by atoms with Crippen LogP contribution in [0.3, 0.4) is 0 Å². The van der Waals surface area contributed by atoms with E-state index in [9.17, 15) is 54.0 Å². The van der Waals surface area contributed by atoms with E-state index in [1.807, 2.05) is 0 Å². The number of fused-ring (bicyclic) bond motifs is 1. The molecule has 0 fully saturated rings. The molecule has 0 unspecified atom stereocenters. The van der Waals surface area contributed by atoms with Crippen molar-refractivity contribution in [1.29, 1.82) is 0 Å². The van der Waals surface area contributed by atoms with Crippen molar-refractivity contribution in [2.75, 3.05) is 6.61 Å². The number of aromatic nitrogens is 1. The average Bonchev–Trinajstić information content (AvgIpc) is 3.65. The first-order valence-electron chi connectivity index (χ1n) is 19.8. The molecule has 0 aliphatic heterocycles. The van der Waals surface area contributed by atoms with Crippen LogP contribution >= 0.6 is 0 Å². The summed E-state index contributed by atoms with van der Waals surface area (Å²) in [6.45, 7) is 2.52. The number of amides is 5. The SMILES string of the molecule is CC[C@H](C)[C@H](NC(=O)[C@H](Cc1ccc(O)cc1)NC(=O)[C@H](CO)NC(=O)[C@@H](N)Cc1ccccc1)C(=O)N[C@@H](CCC(=O)O)C(=O)N[C@@H](Cc1c[nH]c2ccccc12)C(=O)O. The first-order chi connectivity index (χ1) is 29.1. The van der Waals surface area contributed by atoms with Crippen LogP contribution in [0.2, 0.25) is 0 Å². The van der Waals surface area contributed by atoms with Gasteiger partial charge in [0.15, 0.2) is 0 Å². The highest BCUT2D eigenvalue weighted by molar-refractivity contribution is 5.97. The van der Waals surface area contributed by atoms with E-state index in [0.717, 1.165) is 16.5 Å². The average molecular weight is 844 g/mol. The molecule has 0 saturated heterocycles. The van der Waals surface area contributed by atoms with Gasteiger partial charge in [0.25, 0.3) is 0 Å². The zero-order valence-corrected chi connectivity index (χ0v) is 33.8. The Morgan fingerprint density at radius 2 is 1.23 bits per heavy atom. The van der Waals surface area contributed by atoms with Gasteiger partial charge in [-0.25, -0.2) is 4.79 Å². The lowest BCUT2D eigenvalue weighted by Gasteiger charge is -2.29. The van der Waals surface area contributed by atoms with Crippen molar-refractivity contribution in [1.82, 2.24) is 31.6 Å². The van der Waals surface area contributed by atoms with Gasteiger partial charge in [-0.3, -0.25) is 28.8 Å². The number of nitrogens with two attached hydrogens (primary N) is 1. The molecule has 5 amide bonds. The number of aliphatic carboxylic acids is 2. The Morgan fingerprint density at radius 3 is 1.87 bits per heavy atom. The van der Waals surface area contributed by atoms with Crippen LogP contribution in [0, 0.1) is 5.92 Å². The van der Waals surface area contributed by atoms with Gasteiger partial charge in [0.2, 0.25) is 29.5 Å². The van der Waals surface area contributed by atoms with E-state index < -0.39 is 103 Å². The van der Waals surface area contributed by atoms with E-state index >= 15 is 0 Å². The van der Waals surface area contributed by atoms with Crippen LogP contribution in [-0.4, -0.2) is 110 Å². The van der Waals surface area contributed by atoms with Crippen molar-refractivity contribution in [3.8, 4) is 5.75 Å². The molecule has 0 radical (unpaired) electrons. The highest BCUT2D eigenvalue weighted by atomic mass is 16.4. The number of para-hydroxylation sites is 1. The molecule has 1 aromatic heterocycles. The zero-order valence-electron chi connectivity index (χ0n) is 33.8. The molecule has 1 heterocycles. The number of hydrogen-bond donors (Lipinski definition) is 11. The number of nitrogens with one attached hydrogen (secondary N) is 6. The number of phenolic OH excluding ortho intramolecular Hbond substituents is 1. The summed E-state index contributed by atoms with van der Waals surface area (Å²) < 4.78 is 0. The van der Waals surface area contributed by atoms with Crippen LogP contribution < -0.4 is 32.3 Å². The molecule has 0 saturated carbocycles. The number of aromatic hydroxyl groups is 1. The summed E-state index contributed by atoms with van der Waals surface area (Å²) in [7, 11) is 0. The van der Waals surface area contributed by atoms with Gasteiger partial charge in [0.05, 0.1) is 12.6 Å². The molecule has 0 aliphatic carbocycles. The number of benzene rings is 3. The van der Waals surface area contributed by atoms with E-state index in [0.29, 0.717) is 17.5 Å². The lowest BCUT2D eigenvalue weighted by Crippen LogP contribution is -2.61. The molecule has 18 nitrogen and oxygen atoms in total. The fourth-order valence-electron chi connectivity index (χ4n) is 6.53. The quantitative estimate of drug-likeness (QED) is 0.0491. The number of carboxylic acid groups (broad SMARTS) is 2. The molecule has 0 aliphatic rings. The standard InChI is InChI=1S/C43H53N7O11/c1-3-24(2)37(42(59)46-32(17-18-36(53)54)39(56)48-34(43(60)61)21-27-22-45-31-12-8-7-11-29(27)31)50-40(57)33(20-26-13-15-28(52)16-14-26)47-41(58)35(23-51)49-38(55)30(44)19-25-9-5-4-6-10-25/h4-16,22,24,30,32-35,37,45,51-52H,3,17-21,23,44H2,1-2H3,(H,46,59)(H,47,58)(H,48,56)(H,49,55)(H,50,57)(H,53,54)(H,60,61)/t24-,30-,32-,33-,34-,35-,37-/m0/s1. The van der Waals surface area contributed by atoms with Crippen LogP contribution in [0.25, 0.3) is 10.9 Å². The van der Waals surface area contributed by atoms with Crippen LogP contribution in [0.15, 0.2) is 85.1 Å². The highest BCUT2D eigenvalue weighted by Crippen LogP contribution is 2.20. The Bertz CT molecular complexity index is 2140. The van der Waals surface area contributed by atoms with Crippen LogP contribution in [0.4, 0.5) is 0 Å². The molecule has 4 rings (SSSR count). The maximum atomic E-state index is 14.1. The van der Waals surface area contributed by atoms with Crippen LogP contribution in [0.1, 0.15) is 49.8 Å². The van der Waals surface area contributed by atoms with E-state index in [1.54, 1.807) is 74.6 Å². The summed E-state index contributed by atoms with van der Waals surface area (Å²) in [5.41, 5.74) is 8.67. The van der Waals surface area contributed by atoms with Crippen molar-refractivity contribution in [3.05, 3.63) is 102 Å². The smallest absolute Gasteiger partial charge is 0.326 e. The summed E-state index contributed by atoms with van der Waals surface area (Å²) in [4.78, 5) is 95.2. The van der Waals surface area contributed by atoms with Gasteiger partial charge in [0, 0.05) is 36.4 Å². The van der Waals surface area contributed by atoms with Crippen molar-refractivity contribution in [3.63, 3.8) is 0 Å². The summed E-state index contributed by atoms with van der Waals surface area (Å²) in [6.07, 6.45) is 0.786. The third kappa shape index (κ3) is 13.9. The largest absolute Gasteiger partial charge is 0.508 e. The zero-order chi connectivity index (χ0) is 44.6. The maximum absolute atomic E-state index is 14.1. The minimum atomic E-state index is -1.54. The Hall–Kier alpha value is -6.79. The number of hydrogen-bond acceptors (Lipinski definition) is 10. The van der Waals surface area contributed by atoms with Crippen LogP contribution in [-0.2, 0) is 52.8 Å². The van der Waals surface area contributed by atoms with Crippen LogP contribution in [0.5, 0.6) is 5.75 Å². The molecule has 61 heavy (non-hydrogen) atoms. The van der Waals surface area contributed by atoms with Crippen molar-refractivity contribution in [2.45, 2.75) is 88.6 Å². The van der Waals surface area contributed by atoms with Gasteiger partial charge in [-0.05, 0) is 53.6 Å². The first-order valence-corrected chi connectivity index (χ1v) is 19.8. The van der Waals surface area contributed by atoms with Gasteiger partial charge in [-0.2, -0.15) is 0 Å². The van der Waals surface area contributed by atoms with Gasteiger partial charge < -0.3 is 57.7 Å². The number of aliphatic hydroxyl groups is 1. The number of carbonyl (C=O) groups excluding carboxylic acids is 5. The molecule has 18 heteroatoms. The minimum Gasteiger partial charge on any atom is -0.508 e. The number of carbonyl (C=O) groups is 7. The summed E-state index contributed by atoms with van der Waals surface area (Å²) in [5.74, 6) is -7.72. The van der Waals surface area contributed by atoms with E-state index in [1.165, 1.54) is 24.3 Å². The third-order valence-corrected chi connectivity index (χ3v) is 10.2. The van der Waals surface area contributed by atoms with Crippen molar-refractivity contribution < 1.29 is 54.0 Å². The molecule has 0 spiro atoms. The van der Waals surface area contributed by atoms with E-state index in [2.05, 4.69) is 31.6 Å². The monoisotopic (exact) mass is 843 g/mol. The highest BCUT2D eigenvalue weighted by Gasteiger charge is 2.35. The lowest BCUT2D eigenvalue weighted by molar-refractivity contribution is -0.143. The summed E-state index contributed by atoms with van der Waals surface area (Å²) >= 11 is 0. The molecule has 326 valence electrons. The normalized spacial score (nSPS) is 14.6. The van der Waals surface area contributed by atoms with Gasteiger partial charge >= 0.3 is 11.9 Å². The molecular formula is C43H53N7O11. The molecule has 3 aromatic carbocycles. The Balaban J connectivity index is 1.52. The van der Waals surface area contributed by atoms with E-state index in [4.69, 9.17) is 5.73 Å². The minimum absolute atomic E-state index is 0.0636. The Kier molecular flexibility index (Phi) is 17.3. The van der Waals surface area contributed by atoms with Gasteiger partial charge in [-0.1, -0.05) is 80.9 Å². The predicted octanol–water partition coefficient (Wildman–Crippen LogP) is 0.641. The van der Waals surface area contributed by atoms with Crippen molar-refractivity contribution in [2.24, 2.45) is 11.7 Å². The number of carboxylic acids is 2. The van der Waals surface area contributed by atoms with Crippen molar-refractivity contribution >= 4 is 52.4 Å². The van der Waals surface area contributed by atoms with E-state index in [-0.39, 0.29) is 25.0 Å². The molecule has 4 aromatic rings. The fourth-order valence-corrected chi connectivity index (χ4v) is 6.53. The second-order valence-electron chi connectivity index (χ2n) is 14.8. The Labute approximate surface area is 351 Å². The fraction of sp³-hybridized carbons (Fsp3) is 0.372. The number of H-pyrrole nitrogens is 1. The number of aliphatic hydroxyl groups excluding tert-OH is 1. The molecule has 0 bridgehead atoms. The summed E-state index contributed by atoms with van der Waals surface area (Å²) in [5, 5.41) is 52.6. The third-order valence-electron chi connectivity index (χ3n) is 10.2. The first kappa shape index (κ1) is 46.9. The number of rotatable bonds is 23. The Morgan fingerprint density at radius 1 is 0.656 bits per heavy atom. The maximum Gasteiger partial charge on any atom is 0.326 e. The second-order valence-corrected chi connectivity index (χ2v) is 14.8. The summed E-state index contributed by atoms with van der Waals surface area (Å²) in [6, 6.07) is 13.4.